The summed E-state index contributed by atoms with van der Waals surface area (Å²) in [5.41, 5.74) is 8.33. The van der Waals surface area contributed by atoms with Crippen LogP contribution < -0.4 is 5.73 Å². The molecule has 0 amide bonds. The average Bonchev–Trinajstić information content (AvgIpc) is 2.84. The van der Waals surface area contributed by atoms with Gasteiger partial charge in [0.15, 0.2) is 5.82 Å². The Morgan fingerprint density at radius 2 is 2.06 bits per heavy atom. The summed E-state index contributed by atoms with van der Waals surface area (Å²) in [7, 11) is 0. The molecule has 5 heteroatoms. The Morgan fingerprint density at radius 1 is 1.17 bits per heavy atom. The minimum Gasteiger partial charge on any atom is -0.360 e. The average molecular weight is 239 g/mol. The van der Waals surface area contributed by atoms with Crippen molar-refractivity contribution in [3.05, 3.63) is 42.5 Å². The number of para-hydroxylation sites is 1. The van der Waals surface area contributed by atoms with E-state index in [1.165, 1.54) is 0 Å². The predicted octanol–water partition coefficient (Wildman–Crippen LogP) is 1.52. The van der Waals surface area contributed by atoms with Crippen LogP contribution in [-0.2, 0) is 6.42 Å². The molecular weight excluding hydrogens is 226 g/mol. The number of hydrogen-bond donors (Lipinski definition) is 2. The number of H-pyrrole nitrogens is 1. The fraction of sp³-hybridized carbons (Fsp3) is 0.154. The van der Waals surface area contributed by atoms with Gasteiger partial charge >= 0.3 is 0 Å². The van der Waals surface area contributed by atoms with Crippen LogP contribution in [-0.4, -0.2) is 26.7 Å². The third kappa shape index (κ3) is 1.84. The second kappa shape index (κ2) is 4.54. The summed E-state index contributed by atoms with van der Waals surface area (Å²) in [5.74, 6) is 0.682. The number of aromatic amines is 1. The zero-order valence-corrected chi connectivity index (χ0v) is 9.80. The Morgan fingerprint density at radius 3 is 2.83 bits per heavy atom. The van der Waals surface area contributed by atoms with Crippen LogP contribution in [0.5, 0.6) is 0 Å². The molecule has 0 aliphatic rings. The van der Waals surface area contributed by atoms with Gasteiger partial charge in [0, 0.05) is 29.1 Å². The maximum Gasteiger partial charge on any atom is 0.152 e. The lowest BCUT2D eigenvalue weighted by molar-refractivity contribution is 0.813. The predicted molar refractivity (Wildman–Crippen MR) is 69.9 cm³/mol. The summed E-state index contributed by atoms with van der Waals surface area (Å²) in [5, 5.41) is 9.40. The quantitative estimate of drug-likeness (QED) is 0.726. The van der Waals surface area contributed by atoms with Crippen LogP contribution in [0.3, 0.4) is 0 Å². The van der Waals surface area contributed by atoms with E-state index in [0.29, 0.717) is 18.8 Å². The Labute approximate surface area is 104 Å². The van der Waals surface area contributed by atoms with Crippen LogP contribution in [0.15, 0.2) is 36.7 Å². The molecule has 0 radical (unpaired) electrons. The number of nitrogens with zero attached hydrogens (tertiary/aromatic N) is 3. The van der Waals surface area contributed by atoms with Gasteiger partial charge in [0.05, 0.1) is 6.20 Å². The smallest absolute Gasteiger partial charge is 0.152 e. The van der Waals surface area contributed by atoms with Crippen LogP contribution >= 0.6 is 0 Å². The molecule has 2 aromatic heterocycles. The van der Waals surface area contributed by atoms with Crippen molar-refractivity contribution in [1.82, 2.24) is 20.2 Å². The maximum atomic E-state index is 5.45. The van der Waals surface area contributed by atoms with Crippen molar-refractivity contribution >= 4 is 10.9 Å². The van der Waals surface area contributed by atoms with Crippen molar-refractivity contribution in [3.8, 4) is 11.3 Å². The zero-order chi connectivity index (χ0) is 12.4. The summed E-state index contributed by atoms with van der Waals surface area (Å²) in [6.07, 6.45) is 4.33. The molecule has 3 aromatic rings. The van der Waals surface area contributed by atoms with Crippen molar-refractivity contribution in [1.29, 1.82) is 0 Å². The SMILES string of the molecule is NCCc1ncc(-c2c[nH]c3ccccc23)nn1. The van der Waals surface area contributed by atoms with E-state index >= 15 is 0 Å². The van der Waals surface area contributed by atoms with Gasteiger partial charge in [-0.1, -0.05) is 18.2 Å². The van der Waals surface area contributed by atoms with Crippen LogP contribution in [0.25, 0.3) is 22.2 Å². The first-order valence-electron chi connectivity index (χ1n) is 5.83. The monoisotopic (exact) mass is 239 g/mol. The molecule has 0 unspecified atom stereocenters. The minimum atomic E-state index is 0.536. The molecule has 0 saturated heterocycles. The molecule has 5 nitrogen and oxygen atoms in total. The number of nitrogens with one attached hydrogen (secondary N) is 1. The van der Waals surface area contributed by atoms with Gasteiger partial charge in [-0.15, -0.1) is 10.2 Å². The largest absolute Gasteiger partial charge is 0.360 e. The lowest BCUT2D eigenvalue weighted by atomic mass is 10.1. The number of aromatic nitrogens is 4. The van der Waals surface area contributed by atoms with Gasteiger partial charge in [0.25, 0.3) is 0 Å². The molecule has 0 aliphatic carbocycles. The molecule has 0 atom stereocenters. The third-order valence-electron chi connectivity index (χ3n) is 2.84. The van der Waals surface area contributed by atoms with Gasteiger partial charge < -0.3 is 10.7 Å². The van der Waals surface area contributed by atoms with E-state index < -0.39 is 0 Å². The minimum absolute atomic E-state index is 0.536. The molecule has 3 N–H and O–H groups in total. The fourth-order valence-electron chi connectivity index (χ4n) is 1.95. The van der Waals surface area contributed by atoms with E-state index in [0.717, 1.165) is 22.2 Å². The fourth-order valence-corrected chi connectivity index (χ4v) is 1.95. The van der Waals surface area contributed by atoms with Crippen LogP contribution in [0.2, 0.25) is 0 Å². The van der Waals surface area contributed by atoms with E-state index in [9.17, 15) is 0 Å². The normalized spacial score (nSPS) is 10.9. The topological polar surface area (TPSA) is 80.5 Å². The van der Waals surface area contributed by atoms with Crippen LogP contribution in [0.4, 0.5) is 0 Å². The highest BCUT2D eigenvalue weighted by Gasteiger charge is 2.07. The first kappa shape index (κ1) is 10.9. The summed E-state index contributed by atoms with van der Waals surface area (Å²) < 4.78 is 0. The van der Waals surface area contributed by atoms with Gasteiger partial charge in [-0.05, 0) is 12.6 Å². The van der Waals surface area contributed by atoms with Crippen LogP contribution in [0.1, 0.15) is 5.82 Å². The second-order valence-corrected chi connectivity index (χ2v) is 4.05. The van der Waals surface area contributed by atoms with Gasteiger partial charge in [0.1, 0.15) is 5.69 Å². The maximum absolute atomic E-state index is 5.45. The van der Waals surface area contributed by atoms with Crippen LogP contribution in [0, 0.1) is 0 Å². The standard InChI is InChI=1S/C13H13N5/c14-6-5-13-16-8-12(17-18-13)10-7-15-11-4-2-1-3-9(10)11/h1-4,7-8,15H,5-6,14H2. The highest BCUT2D eigenvalue weighted by atomic mass is 15.2. The summed E-state index contributed by atoms with van der Waals surface area (Å²) in [4.78, 5) is 7.47. The summed E-state index contributed by atoms with van der Waals surface area (Å²) in [6.45, 7) is 0.536. The number of fused-ring (bicyclic) bond motifs is 1. The van der Waals surface area contributed by atoms with E-state index in [1.54, 1.807) is 6.20 Å². The highest BCUT2D eigenvalue weighted by Crippen LogP contribution is 2.25. The number of hydrogen-bond acceptors (Lipinski definition) is 4. The molecule has 3 rings (SSSR count). The van der Waals surface area contributed by atoms with Gasteiger partial charge in [-0.3, -0.25) is 0 Å². The molecule has 90 valence electrons. The summed E-state index contributed by atoms with van der Waals surface area (Å²) in [6, 6.07) is 8.08. The van der Waals surface area contributed by atoms with Gasteiger partial charge in [-0.2, -0.15) is 0 Å². The lowest BCUT2D eigenvalue weighted by Gasteiger charge is -1.99. The van der Waals surface area contributed by atoms with Gasteiger partial charge in [0.2, 0.25) is 0 Å². The van der Waals surface area contributed by atoms with Crippen molar-refractivity contribution in [2.75, 3.05) is 6.54 Å². The molecule has 0 aliphatic heterocycles. The van der Waals surface area contributed by atoms with E-state index in [4.69, 9.17) is 5.73 Å². The molecule has 1 aromatic carbocycles. The number of nitrogens with two attached hydrogens (primary N) is 1. The second-order valence-electron chi connectivity index (χ2n) is 4.05. The highest BCUT2D eigenvalue weighted by molar-refractivity contribution is 5.94. The Kier molecular flexibility index (Phi) is 2.74. The molecule has 0 spiro atoms. The first-order valence-corrected chi connectivity index (χ1v) is 5.83. The molecule has 0 fully saturated rings. The van der Waals surface area contributed by atoms with Crippen molar-refractivity contribution in [2.45, 2.75) is 6.42 Å². The van der Waals surface area contributed by atoms with E-state index in [1.807, 2.05) is 24.4 Å². The molecular formula is C13H13N5. The Bertz CT molecular complexity index is 656. The van der Waals surface area contributed by atoms with Crippen molar-refractivity contribution in [2.24, 2.45) is 5.73 Å². The van der Waals surface area contributed by atoms with E-state index in [2.05, 4.69) is 26.2 Å². The Hall–Kier alpha value is -2.27. The molecule has 0 saturated carbocycles. The third-order valence-corrected chi connectivity index (χ3v) is 2.84. The van der Waals surface area contributed by atoms with Crippen molar-refractivity contribution < 1.29 is 0 Å². The number of rotatable bonds is 3. The van der Waals surface area contributed by atoms with Crippen molar-refractivity contribution in [3.63, 3.8) is 0 Å². The van der Waals surface area contributed by atoms with Gasteiger partial charge in [-0.25, -0.2) is 4.98 Å². The summed E-state index contributed by atoms with van der Waals surface area (Å²) >= 11 is 0. The molecule has 0 bridgehead atoms. The zero-order valence-electron chi connectivity index (χ0n) is 9.80. The first-order chi connectivity index (χ1) is 8.88. The van der Waals surface area contributed by atoms with E-state index in [-0.39, 0.29) is 0 Å². The Balaban J connectivity index is 2.03. The molecule has 18 heavy (non-hydrogen) atoms. The lowest BCUT2D eigenvalue weighted by Crippen LogP contribution is -2.07. The molecule has 2 heterocycles. The number of benzene rings is 1.